The highest BCUT2D eigenvalue weighted by atomic mass is 32.1. The van der Waals surface area contributed by atoms with Crippen LogP contribution in [-0.2, 0) is 16.0 Å². The largest absolute Gasteiger partial charge is 0.451 e. The van der Waals surface area contributed by atoms with E-state index in [1.54, 1.807) is 25.1 Å². The first-order chi connectivity index (χ1) is 13.5. The van der Waals surface area contributed by atoms with E-state index in [-0.39, 0.29) is 12.4 Å². The summed E-state index contributed by atoms with van der Waals surface area (Å²) in [5.74, 6) is -1.36. The maximum atomic E-state index is 13.1. The summed E-state index contributed by atoms with van der Waals surface area (Å²) in [5, 5.41) is 3.34. The van der Waals surface area contributed by atoms with Gasteiger partial charge in [0.2, 0.25) is 0 Å². The molecule has 0 aliphatic heterocycles. The number of hydrogen-bond donors (Lipinski definition) is 1. The van der Waals surface area contributed by atoms with Gasteiger partial charge in [-0.15, -0.1) is 11.3 Å². The molecule has 0 radical (unpaired) electrons. The van der Waals surface area contributed by atoms with Crippen molar-refractivity contribution in [2.24, 2.45) is 0 Å². The number of carbonyl (C=O) groups excluding carboxylic acids is 2. The highest BCUT2D eigenvalue weighted by molar-refractivity contribution is 7.17. The molecular formula is C21H19FN2O3S. The van der Waals surface area contributed by atoms with Gasteiger partial charge in [-0.3, -0.25) is 4.79 Å². The number of nitrogens with one attached hydrogen (secondary N) is 1. The van der Waals surface area contributed by atoms with Crippen LogP contribution in [0.2, 0.25) is 0 Å². The minimum Gasteiger partial charge on any atom is -0.451 e. The molecule has 1 amide bonds. The lowest BCUT2D eigenvalue weighted by Gasteiger charge is -2.09. The molecule has 1 N–H and O–H groups in total. The number of thiazole rings is 1. The quantitative estimate of drug-likeness (QED) is 0.616. The molecule has 144 valence electrons. The Balaban J connectivity index is 1.63. The summed E-state index contributed by atoms with van der Waals surface area (Å²) in [6.45, 7) is 3.30. The Labute approximate surface area is 166 Å². The number of anilines is 1. The fourth-order valence-corrected chi connectivity index (χ4v) is 3.60. The average molecular weight is 398 g/mol. The normalized spacial score (nSPS) is 10.5. The second-order valence-corrected chi connectivity index (χ2v) is 7.07. The Morgan fingerprint density at radius 2 is 1.86 bits per heavy atom. The van der Waals surface area contributed by atoms with Crippen LogP contribution >= 0.6 is 11.3 Å². The molecule has 0 spiro atoms. The molecule has 28 heavy (non-hydrogen) atoms. The lowest BCUT2D eigenvalue weighted by molar-refractivity contribution is -0.119. The van der Waals surface area contributed by atoms with Gasteiger partial charge in [0.25, 0.3) is 5.91 Å². The van der Waals surface area contributed by atoms with Gasteiger partial charge < -0.3 is 10.1 Å². The summed E-state index contributed by atoms with van der Waals surface area (Å²) in [5.41, 5.74) is 2.93. The Morgan fingerprint density at radius 1 is 1.14 bits per heavy atom. The van der Waals surface area contributed by atoms with E-state index in [9.17, 15) is 14.0 Å². The molecule has 0 saturated heterocycles. The molecule has 0 fully saturated rings. The first-order valence-electron chi connectivity index (χ1n) is 8.76. The van der Waals surface area contributed by atoms with Gasteiger partial charge in [0, 0.05) is 11.3 Å². The van der Waals surface area contributed by atoms with Gasteiger partial charge in [0.1, 0.15) is 15.7 Å². The SMILES string of the molecule is CCc1ccccc1NC(=O)COC(=O)c1sc(-c2ccc(F)cc2)nc1C. The predicted octanol–water partition coefficient (Wildman–Crippen LogP) is 4.62. The van der Waals surface area contributed by atoms with E-state index in [0.717, 1.165) is 23.3 Å². The Bertz CT molecular complexity index is 999. The molecule has 0 aliphatic carbocycles. The van der Waals surface area contributed by atoms with Gasteiger partial charge in [-0.05, 0) is 49.2 Å². The van der Waals surface area contributed by atoms with Crippen LogP contribution in [0.5, 0.6) is 0 Å². The number of esters is 1. The number of halogens is 1. The van der Waals surface area contributed by atoms with Crippen molar-refractivity contribution in [2.75, 3.05) is 11.9 Å². The first-order valence-corrected chi connectivity index (χ1v) is 9.57. The van der Waals surface area contributed by atoms with E-state index >= 15 is 0 Å². The van der Waals surface area contributed by atoms with Crippen molar-refractivity contribution in [1.82, 2.24) is 4.98 Å². The summed E-state index contributed by atoms with van der Waals surface area (Å²) >= 11 is 1.15. The number of rotatable bonds is 6. The third-order valence-corrected chi connectivity index (χ3v) is 5.27. The molecule has 1 heterocycles. The topological polar surface area (TPSA) is 68.3 Å². The maximum Gasteiger partial charge on any atom is 0.350 e. The van der Waals surface area contributed by atoms with Crippen molar-refractivity contribution >= 4 is 28.9 Å². The zero-order chi connectivity index (χ0) is 20.1. The van der Waals surface area contributed by atoms with Crippen LogP contribution in [0.1, 0.15) is 27.9 Å². The van der Waals surface area contributed by atoms with Crippen LogP contribution in [0.4, 0.5) is 10.1 Å². The zero-order valence-corrected chi connectivity index (χ0v) is 16.3. The van der Waals surface area contributed by atoms with Crippen molar-refractivity contribution in [3.05, 3.63) is 70.5 Å². The number of hydrogen-bond acceptors (Lipinski definition) is 5. The molecule has 0 aliphatic rings. The second-order valence-electron chi connectivity index (χ2n) is 6.08. The number of ether oxygens (including phenoxy) is 1. The summed E-state index contributed by atoms with van der Waals surface area (Å²) in [6, 6.07) is 13.3. The Morgan fingerprint density at radius 3 is 2.57 bits per heavy atom. The molecule has 3 aromatic rings. The predicted molar refractivity (Wildman–Crippen MR) is 107 cm³/mol. The van der Waals surface area contributed by atoms with Crippen molar-refractivity contribution in [3.63, 3.8) is 0 Å². The Hall–Kier alpha value is -3.06. The van der Waals surface area contributed by atoms with Gasteiger partial charge in [0.05, 0.1) is 5.69 Å². The molecule has 0 unspecified atom stereocenters. The lowest BCUT2D eigenvalue weighted by atomic mass is 10.1. The number of nitrogens with zero attached hydrogens (tertiary/aromatic N) is 1. The van der Waals surface area contributed by atoms with Gasteiger partial charge in [-0.1, -0.05) is 25.1 Å². The molecular weight excluding hydrogens is 379 g/mol. The zero-order valence-electron chi connectivity index (χ0n) is 15.5. The second kappa shape index (κ2) is 8.75. The number of carbonyl (C=O) groups is 2. The first kappa shape index (κ1) is 19.7. The summed E-state index contributed by atoms with van der Waals surface area (Å²) in [7, 11) is 0. The molecule has 0 atom stereocenters. The fraction of sp³-hybridized carbons (Fsp3) is 0.190. The van der Waals surface area contributed by atoms with E-state index in [4.69, 9.17) is 4.74 Å². The van der Waals surface area contributed by atoms with E-state index < -0.39 is 11.9 Å². The summed E-state index contributed by atoms with van der Waals surface area (Å²) in [6.07, 6.45) is 0.780. The van der Waals surface area contributed by atoms with E-state index in [2.05, 4.69) is 10.3 Å². The van der Waals surface area contributed by atoms with Crippen molar-refractivity contribution in [1.29, 1.82) is 0 Å². The smallest absolute Gasteiger partial charge is 0.350 e. The van der Waals surface area contributed by atoms with Gasteiger partial charge in [0.15, 0.2) is 6.61 Å². The number of para-hydroxylation sites is 1. The monoisotopic (exact) mass is 398 g/mol. The maximum absolute atomic E-state index is 13.1. The molecule has 1 aromatic heterocycles. The summed E-state index contributed by atoms with van der Waals surface area (Å²) in [4.78, 5) is 29.1. The standard InChI is InChI=1S/C21H19FN2O3S/c1-3-14-6-4-5-7-17(14)24-18(25)12-27-21(26)19-13(2)23-20(28-19)15-8-10-16(22)11-9-15/h4-11H,3,12H2,1-2H3,(H,24,25). The molecule has 5 nitrogen and oxygen atoms in total. The van der Waals surface area contributed by atoms with Gasteiger partial charge in [-0.2, -0.15) is 0 Å². The number of aromatic nitrogens is 1. The van der Waals surface area contributed by atoms with E-state index in [1.165, 1.54) is 12.1 Å². The van der Waals surface area contributed by atoms with Crippen LogP contribution in [0, 0.1) is 12.7 Å². The molecule has 0 saturated carbocycles. The molecule has 3 rings (SSSR count). The Kier molecular flexibility index (Phi) is 6.16. The molecule has 2 aromatic carbocycles. The third kappa shape index (κ3) is 4.61. The van der Waals surface area contributed by atoms with Gasteiger partial charge in [-0.25, -0.2) is 14.2 Å². The van der Waals surface area contributed by atoms with E-state index in [1.807, 2.05) is 25.1 Å². The van der Waals surface area contributed by atoms with Crippen molar-refractivity contribution < 1.29 is 18.7 Å². The fourth-order valence-electron chi connectivity index (χ4n) is 2.64. The highest BCUT2D eigenvalue weighted by Crippen LogP contribution is 2.28. The number of benzene rings is 2. The molecule has 0 bridgehead atoms. The highest BCUT2D eigenvalue weighted by Gasteiger charge is 2.19. The summed E-state index contributed by atoms with van der Waals surface area (Å²) < 4.78 is 18.2. The number of amides is 1. The van der Waals surface area contributed by atoms with Gasteiger partial charge >= 0.3 is 5.97 Å². The van der Waals surface area contributed by atoms with Crippen LogP contribution in [-0.4, -0.2) is 23.5 Å². The van der Waals surface area contributed by atoms with Crippen molar-refractivity contribution in [3.8, 4) is 10.6 Å². The van der Waals surface area contributed by atoms with Crippen LogP contribution in [0.25, 0.3) is 10.6 Å². The van der Waals surface area contributed by atoms with Crippen LogP contribution in [0.15, 0.2) is 48.5 Å². The van der Waals surface area contributed by atoms with Crippen molar-refractivity contribution in [2.45, 2.75) is 20.3 Å². The third-order valence-electron chi connectivity index (χ3n) is 4.08. The van der Waals surface area contributed by atoms with E-state index in [0.29, 0.717) is 26.8 Å². The lowest BCUT2D eigenvalue weighted by Crippen LogP contribution is -2.21. The van der Waals surface area contributed by atoms with Crippen LogP contribution in [0.3, 0.4) is 0 Å². The average Bonchev–Trinajstić information content (AvgIpc) is 3.09. The minimum atomic E-state index is -0.609. The number of aryl methyl sites for hydroxylation is 2. The minimum absolute atomic E-state index is 0.320. The van der Waals surface area contributed by atoms with Crippen LogP contribution < -0.4 is 5.32 Å². The molecule has 7 heteroatoms.